The van der Waals surface area contributed by atoms with E-state index in [9.17, 15) is 48.6 Å². The van der Waals surface area contributed by atoms with Crippen LogP contribution in [0.3, 0.4) is 0 Å². The summed E-state index contributed by atoms with van der Waals surface area (Å²) in [5.41, 5.74) is 17.5. The zero-order chi connectivity index (χ0) is 43.1. The van der Waals surface area contributed by atoms with Gasteiger partial charge in [0.2, 0.25) is 41.4 Å². The highest BCUT2D eigenvalue weighted by atomic mass is 33.1. The number of aliphatic imine (C=N–C) groups is 1. The topological polar surface area (TPSA) is 336 Å². The van der Waals surface area contributed by atoms with E-state index in [0.29, 0.717) is 35.7 Å². The number of carboxylic acids is 1. The van der Waals surface area contributed by atoms with Gasteiger partial charge in [0.1, 0.15) is 36.9 Å². The molecule has 1 aromatic carbocycles. The maximum atomic E-state index is 14.4. The fourth-order valence-electron chi connectivity index (χ4n) is 6.69. The molecule has 59 heavy (non-hydrogen) atoms. The van der Waals surface area contributed by atoms with Crippen molar-refractivity contribution in [1.82, 2.24) is 36.1 Å². The van der Waals surface area contributed by atoms with Gasteiger partial charge in [-0.1, -0.05) is 39.8 Å². The van der Waals surface area contributed by atoms with Crippen LogP contribution in [-0.2, 0) is 51.5 Å². The number of aliphatic hydroxyl groups excluding tert-OH is 1. The van der Waals surface area contributed by atoms with Crippen molar-refractivity contribution in [3.63, 3.8) is 0 Å². The number of benzene rings is 1. The average Bonchev–Trinajstić information content (AvgIpc) is 3.82. The Balaban J connectivity index is 1.65. The second-order valence-electron chi connectivity index (χ2n) is 13.9. The number of aliphatic carboxylic acids is 1. The van der Waals surface area contributed by atoms with Gasteiger partial charge in [0.15, 0.2) is 5.96 Å². The van der Waals surface area contributed by atoms with Crippen LogP contribution >= 0.6 is 21.6 Å². The summed E-state index contributed by atoms with van der Waals surface area (Å²) in [7, 11) is 2.42. The molecule has 7 amide bonds. The molecular formula is C36H51N11O10S2. The van der Waals surface area contributed by atoms with Gasteiger partial charge in [0.25, 0.3) is 0 Å². The summed E-state index contributed by atoms with van der Waals surface area (Å²) in [6.07, 6.45) is 2.18. The summed E-state index contributed by atoms with van der Waals surface area (Å²) >= 11 is 0. The molecule has 1 aromatic heterocycles. The van der Waals surface area contributed by atoms with Gasteiger partial charge in [0.05, 0.1) is 18.5 Å². The molecule has 2 aliphatic rings. The number of carboxylic acid groups (broad SMARTS) is 1. The lowest BCUT2D eigenvalue weighted by molar-refractivity contribution is -0.143. The molecule has 2 saturated heterocycles. The number of para-hydroxylation sites is 1. The molecule has 0 saturated carbocycles. The molecule has 21 nitrogen and oxygen atoms in total. The quantitative estimate of drug-likeness (QED) is 0.0479. The van der Waals surface area contributed by atoms with E-state index in [1.165, 1.54) is 31.1 Å². The predicted octanol–water partition coefficient (Wildman–Crippen LogP) is -2.63. The Bertz CT molecular complexity index is 1910. The van der Waals surface area contributed by atoms with Gasteiger partial charge in [-0.25, -0.2) is 0 Å². The van der Waals surface area contributed by atoms with Crippen molar-refractivity contribution in [2.24, 2.45) is 22.2 Å². The van der Waals surface area contributed by atoms with Crippen LogP contribution in [0, 0.1) is 0 Å². The smallest absolute Gasteiger partial charge is 0.305 e. The van der Waals surface area contributed by atoms with Crippen LogP contribution < -0.4 is 43.8 Å². The lowest BCUT2D eigenvalue weighted by Gasteiger charge is -2.30. The van der Waals surface area contributed by atoms with Gasteiger partial charge in [-0.05, 0) is 43.7 Å². The number of carbonyl (C=O) groups excluding carboxylic acids is 7. The minimum atomic E-state index is -1.72. The predicted molar refractivity (Wildman–Crippen MR) is 219 cm³/mol. The highest BCUT2D eigenvalue weighted by Gasteiger charge is 2.40. The largest absolute Gasteiger partial charge is 0.481 e. The molecule has 0 aliphatic carbocycles. The van der Waals surface area contributed by atoms with E-state index in [1.54, 1.807) is 30.5 Å². The Morgan fingerprint density at radius 2 is 1.63 bits per heavy atom. The van der Waals surface area contributed by atoms with Crippen molar-refractivity contribution in [2.45, 2.75) is 88.3 Å². The van der Waals surface area contributed by atoms with Gasteiger partial charge < -0.3 is 63.5 Å². The van der Waals surface area contributed by atoms with Gasteiger partial charge in [-0.15, -0.1) is 0 Å². The second kappa shape index (κ2) is 22.6. The number of guanidine groups is 1. The van der Waals surface area contributed by atoms with Crippen LogP contribution in [-0.4, -0.2) is 134 Å². The molecular weight excluding hydrogens is 811 g/mol. The van der Waals surface area contributed by atoms with Crippen molar-refractivity contribution in [2.75, 3.05) is 31.1 Å². The normalized spacial score (nSPS) is 23.3. The number of nitrogens with one attached hydrogen (secondary N) is 5. The van der Waals surface area contributed by atoms with E-state index in [1.807, 2.05) is 0 Å². The summed E-state index contributed by atoms with van der Waals surface area (Å²) in [6, 6.07) is 0.629. The molecule has 23 heteroatoms. The number of amides is 7. The number of rotatable bonds is 11. The Hall–Kier alpha value is -5.55. The van der Waals surface area contributed by atoms with E-state index in [4.69, 9.17) is 17.2 Å². The zero-order valence-electron chi connectivity index (χ0n) is 32.2. The highest BCUT2D eigenvalue weighted by Crippen LogP contribution is 2.26. The first-order chi connectivity index (χ1) is 28.2. The molecule has 0 unspecified atom stereocenters. The number of nitrogens with two attached hydrogens (primary N) is 3. The SMILES string of the molecule is NC(=O)[C@@H]1CSSCCC(=O)N[C@@H](CCCCN=C(N)N)C(=O)NCC(=O)N[C@@H](CC(=O)O)C(=O)N[C@@H](Cc2cn(CO)c3ccccc23)C(=O)N2CCC[C@@H]2C(=O)N1. The van der Waals surface area contributed by atoms with Crippen molar-refractivity contribution < 1.29 is 48.6 Å². The molecule has 2 aromatic rings. The van der Waals surface area contributed by atoms with Gasteiger partial charge in [0, 0.05) is 49.0 Å². The van der Waals surface area contributed by atoms with E-state index in [0.717, 1.165) is 0 Å². The van der Waals surface area contributed by atoms with Crippen molar-refractivity contribution >= 4 is 85.8 Å². The standard InChI is InChI=1S/C36H51N11O10S2/c37-31(53)25-18-59-58-13-10-28(49)42-22(7-3-4-11-40-36(38)39)32(54)41-16-29(50)43-23(15-30(51)52)33(55)44-24(35(57)47-12-5-9-27(47)34(56)45-25)14-20-17-46(19-48)26-8-2-1-6-21(20)26/h1-2,6,8,17,22-25,27,48H,3-5,7,9-16,18-19H2,(H2,37,53)(H,41,54)(H,42,49)(H,43,50)(H,44,55)(H,45,56)(H,51,52)(H4,38,39,40)/t22-,23-,24-,25-,27+/m0/s1. The van der Waals surface area contributed by atoms with Crippen LogP contribution in [0.1, 0.15) is 50.5 Å². The minimum Gasteiger partial charge on any atom is -0.481 e. The molecule has 2 fully saturated rings. The third-order valence-corrected chi connectivity index (χ3v) is 12.0. The molecule has 4 rings (SSSR count). The maximum Gasteiger partial charge on any atom is 0.305 e. The summed E-state index contributed by atoms with van der Waals surface area (Å²) in [6.45, 7) is -0.698. The molecule has 322 valence electrons. The van der Waals surface area contributed by atoms with Crippen LogP contribution in [0.5, 0.6) is 0 Å². The van der Waals surface area contributed by atoms with Crippen LogP contribution in [0.15, 0.2) is 35.5 Å². The highest BCUT2D eigenvalue weighted by molar-refractivity contribution is 8.76. The molecule has 5 atom stereocenters. The van der Waals surface area contributed by atoms with E-state index >= 15 is 0 Å². The third-order valence-electron chi connectivity index (χ3n) is 9.59. The number of aromatic nitrogens is 1. The number of hydrogen-bond donors (Lipinski definition) is 10. The summed E-state index contributed by atoms with van der Waals surface area (Å²) < 4.78 is 1.53. The Morgan fingerprint density at radius 1 is 0.881 bits per heavy atom. The van der Waals surface area contributed by atoms with Gasteiger partial charge in [-0.3, -0.25) is 43.3 Å². The second-order valence-corrected chi connectivity index (χ2v) is 16.5. The Labute approximate surface area is 347 Å². The summed E-state index contributed by atoms with van der Waals surface area (Å²) in [5.74, 6) is -6.60. The van der Waals surface area contributed by atoms with E-state index in [2.05, 4.69) is 31.6 Å². The lowest BCUT2D eigenvalue weighted by Crippen LogP contribution is -2.59. The molecule has 3 heterocycles. The van der Waals surface area contributed by atoms with Crippen LogP contribution in [0.25, 0.3) is 10.9 Å². The molecule has 0 spiro atoms. The lowest BCUT2D eigenvalue weighted by atomic mass is 10.0. The number of fused-ring (bicyclic) bond motifs is 2. The molecule has 0 bridgehead atoms. The van der Waals surface area contributed by atoms with E-state index in [-0.39, 0.29) is 56.2 Å². The molecule has 0 radical (unpaired) electrons. The first kappa shape index (κ1) is 46.1. The fourth-order valence-corrected chi connectivity index (χ4v) is 8.86. The van der Waals surface area contributed by atoms with Crippen LogP contribution in [0.2, 0.25) is 0 Å². The van der Waals surface area contributed by atoms with Crippen molar-refractivity contribution in [1.29, 1.82) is 0 Å². The molecule has 13 N–H and O–H groups in total. The number of nitrogens with zero attached hydrogens (tertiary/aromatic N) is 3. The van der Waals surface area contributed by atoms with E-state index < -0.39 is 97.2 Å². The number of unbranched alkanes of at least 4 members (excludes halogenated alkanes) is 1. The van der Waals surface area contributed by atoms with Gasteiger partial charge >= 0.3 is 5.97 Å². The number of hydrogen-bond acceptors (Lipinski definition) is 12. The Morgan fingerprint density at radius 3 is 2.34 bits per heavy atom. The molecule has 2 aliphatic heterocycles. The van der Waals surface area contributed by atoms with Crippen molar-refractivity contribution in [3.05, 3.63) is 36.0 Å². The van der Waals surface area contributed by atoms with Gasteiger partial charge in [-0.2, -0.15) is 0 Å². The number of carbonyl (C=O) groups is 8. The summed E-state index contributed by atoms with van der Waals surface area (Å²) in [4.78, 5) is 111. The van der Waals surface area contributed by atoms with Crippen LogP contribution in [0.4, 0.5) is 0 Å². The Kier molecular flexibility index (Phi) is 17.6. The fraction of sp³-hybridized carbons (Fsp3) is 0.528. The average molecular weight is 862 g/mol. The number of aliphatic hydroxyl groups is 1. The minimum absolute atomic E-state index is 0.0314. The zero-order valence-corrected chi connectivity index (χ0v) is 33.9. The first-order valence-electron chi connectivity index (χ1n) is 18.9. The summed E-state index contributed by atoms with van der Waals surface area (Å²) in [5, 5.41) is 33.0. The van der Waals surface area contributed by atoms with Crippen molar-refractivity contribution in [3.8, 4) is 0 Å². The number of primary amides is 1. The third kappa shape index (κ3) is 13.8. The maximum absolute atomic E-state index is 14.4. The monoisotopic (exact) mass is 861 g/mol. The first-order valence-corrected chi connectivity index (χ1v) is 21.4.